The molecular weight excluding hydrogens is 557 g/mol. The molecule has 10 heteroatoms. The molecule has 1 atom stereocenters. The van der Waals surface area contributed by atoms with Crippen LogP contribution in [0.2, 0.25) is 10.0 Å². The molecule has 39 heavy (non-hydrogen) atoms. The highest BCUT2D eigenvalue weighted by Crippen LogP contribution is 2.27. The first kappa shape index (κ1) is 30.5. The predicted molar refractivity (Wildman–Crippen MR) is 157 cm³/mol. The zero-order chi connectivity index (χ0) is 28.6. The summed E-state index contributed by atoms with van der Waals surface area (Å²) in [7, 11) is -3.91. The Bertz CT molecular complexity index is 1350. The number of carbonyl (C=O) groups excluding carboxylic acids is 2. The van der Waals surface area contributed by atoms with E-state index in [0.717, 1.165) is 21.7 Å². The summed E-state index contributed by atoms with van der Waals surface area (Å²) >= 11 is 12.3. The Hall–Kier alpha value is -3.07. The van der Waals surface area contributed by atoms with Crippen molar-refractivity contribution in [2.75, 3.05) is 23.7 Å². The van der Waals surface area contributed by atoms with Crippen molar-refractivity contribution < 1.29 is 18.0 Å². The maximum Gasteiger partial charge on any atom is 0.244 e. The molecule has 0 aromatic heterocycles. The van der Waals surface area contributed by atoms with E-state index in [-0.39, 0.29) is 40.5 Å². The number of hydrogen-bond acceptors (Lipinski definition) is 4. The van der Waals surface area contributed by atoms with E-state index in [2.05, 4.69) is 5.32 Å². The van der Waals surface area contributed by atoms with Gasteiger partial charge in [-0.1, -0.05) is 97.7 Å². The lowest BCUT2D eigenvalue weighted by Crippen LogP contribution is -2.53. The van der Waals surface area contributed by atoms with E-state index in [9.17, 15) is 18.0 Å². The van der Waals surface area contributed by atoms with Gasteiger partial charge in [-0.3, -0.25) is 13.9 Å². The van der Waals surface area contributed by atoms with Crippen LogP contribution < -0.4 is 9.62 Å². The Morgan fingerprint density at radius 3 is 1.92 bits per heavy atom. The van der Waals surface area contributed by atoms with Gasteiger partial charge in [0.1, 0.15) is 12.6 Å². The number of hydrogen-bond donors (Lipinski definition) is 1. The van der Waals surface area contributed by atoms with Crippen LogP contribution in [0.5, 0.6) is 0 Å². The first-order valence-electron chi connectivity index (χ1n) is 12.5. The van der Waals surface area contributed by atoms with E-state index >= 15 is 0 Å². The Labute approximate surface area is 240 Å². The number of sulfonamides is 1. The summed E-state index contributed by atoms with van der Waals surface area (Å²) in [5.41, 5.74) is 1.83. The molecule has 0 radical (unpaired) electrons. The van der Waals surface area contributed by atoms with Gasteiger partial charge in [-0.2, -0.15) is 0 Å². The molecule has 0 fully saturated rings. The van der Waals surface area contributed by atoms with Crippen molar-refractivity contribution in [2.45, 2.75) is 32.9 Å². The maximum absolute atomic E-state index is 14.0. The summed E-state index contributed by atoms with van der Waals surface area (Å²) in [6.45, 7) is 3.98. The lowest BCUT2D eigenvalue weighted by atomic mass is 10.0. The number of halogens is 2. The van der Waals surface area contributed by atoms with Crippen LogP contribution in [-0.2, 0) is 32.6 Å². The molecule has 0 bridgehead atoms. The van der Waals surface area contributed by atoms with Gasteiger partial charge < -0.3 is 10.2 Å². The van der Waals surface area contributed by atoms with E-state index in [1.54, 1.807) is 0 Å². The van der Waals surface area contributed by atoms with Gasteiger partial charge in [0.2, 0.25) is 21.8 Å². The van der Waals surface area contributed by atoms with Crippen molar-refractivity contribution in [3.8, 4) is 0 Å². The molecule has 0 spiro atoms. The number of nitrogens with zero attached hydrogens (tertiary/aromatic N) is 2. The Kier molecular flexibility index (Phi) is 10.8. The summed E-state index contributed by atoms with van der Waals surface area (Å²) in [5.74, 6) is -0.646. The molecule has 0 saturated carbocycles. The zero-order valence-corrected chi connectivity index (χ0v) is 24.5. The van der Waals surface area contributed by atoms with E-state index in [4.69, 9.17) is 23.2 Å². The van der Waals surface area contributed by atoms with Gasteiger partial charge in [0, 0.05) is 29.6 Å². The quantitative estimate of drug-likeness (QED) is 0.315. The molecule has 7 nitrogen and oxygen atoms in total. The first-order valence-corrected chi connectivity index (χ1v) is 15.1. The van der Waals surface area contributed by atoms with Gasteiger partial charge in [-0.25, -0.2) is 8.42 Å². The van der Waals surface area contributed by atoms with Gasteiger partial charge in [0.25, 0.3) is 0 Å². The first-order chi connectivity index (χ1) is 18.4. The Morgan fingerprint density at radius 2 is 1.41 bits per heavy atom. The number of rotatable bonds is 12. The van der Waals surface area contributed by atoms with Gasteiger partial charge in [-0.05, 0) is 35.2 Å². The van der Waals surface area contributed by atoms with Crippen molar-refractivity contribution in [1.82, 2.24) is 10.2 Å². The summed E-state index contributed by atoms with van der Waals surface area (Å²) < 4.78 is 26.6. The molecule has 3 aromatic carbocycles. The highest BCUT2D eigenvalue weighted by molar-refractivity contribution is 7.92. The van der Waals surface area contributed by atoms with Crippen LogP contribution in [0, 0.1) is 5.92 Å². The Morgan fingerprint density at radius 1 is 0.872 bits per heavy atom. The van der Waals surface area contributed by atoms with Crippen LogP contribution in [0.15, 0.2) is 78.9 Å². The SMILES string of the molecule is CC(C)CNC(=O)[C@@H](Cc1ccccc1)N(Cc1ccccc1)C(=O)CN(c1cc(Cl)cc(Cl)c1)S(C)(=O)=O. The van der Waals surface area contributed by atoms with Crippen LogP contribution in [-0.4, -0.2) is 50.5 Å². The van der Waals surface area contributed by atoms with E-state index in [1.807, 2.05) is 74.5 Å². The smallest absolute Gasteiger partial charge is 0.244 e. The molecule has 0 unspecified atom stereocenters. The third-order valence-corrected chi connectivity index (χ3v) is 7.54. The largest absolute Gasteiger partial charge is 0.354 e. The fraction of sp³-hybridized carbons (Fsp3) is 0.310. The van der Waals surface area contributed by atoms with Crippen LogP contribution in [0.25, 0.3) is 0 Å². The van der Waals surface area contributed by atoms with Gasteiger partial charge in [-0.15, -0.1) is 0 Å². The molecule has 0 saturated heterocycles. The third kappa shape index (κ3) is 9.27. The van der Waals surface area contributed by atoms with Gasteiger partial charge >= 0.3 is 0 Å². The standard InChI is InChI=1S/C29H33Cl2N3O4S/c1-21(2)18-32-29(36)27(14-22-10-6-4-7-11-22)33(19-23-12-8-5-9-13-23)28(35)20-34(39(3,37)38)26-16-24(30)15-25(31)17-26/h4-13,15-17,21,27H,14,18-20H2,1-3H3,(H,32,36)/t27-/m1/s1. The van der Waals surface area contributed by atoms with Crippen LogP contribution in [0.1, 0.15) is 25.0 Å². The van der Waals surface area contributed by atoms with E-state index in [0.29, 0.717) is 6.54 Å². The number of benzene rings is 3. The second-order valence-electron chi connectivity index (χ2n) is 9.75. The maximum atomic E-state index is 14.0. The van der Waals surface area contributed by atoms with Gasteiger partial charge in [0.15, 0.2) is 0 Å². The number of nitrogens with one attached hydrogen (secondary N) is 1. The fourth-order valence-electron chi connectivity index (χ4n) is 4.05. The molecule has 3 aromatic rings. The average Bonchev–Trinajstić information content (AvgIpc) is 2.87. The van der Waals surface area contributed by atoms with E-state index in [1.165, 1.54) is 23.1 Å². The molecule has 3 rings (SSSR count). The van der Waals surface area contributed by atoms with Crippen LogP contribution >= 0.6 is 23.2 Å². The molecule has 1 N–H and O–H groups in total. The highest BCUT2D eigenvalue weighted by atomic mass is 35.5. The topological polar surface area (TPSA) is 86.8 Å². The predicted octanol–water partition coefficient (Wildman–Crippen LogP) is 5.17. The average molecular weight is 591 g/mol. The minimum Gasteiger partial charge on any atom is -0.354 e. The summed E-state index contributed by atoms with van der Waals surface area (Å²) in [6, 6.07) is 22.1. The van der Waals surface area contributed by atoms with Crippen molar-refractivity contribution in [2.24, 2.45) is 5.92 Å². The van der Waals surface area contributed by atoms with Crippen molar-refractivity contribution in [1.29, 1.82) is 0 Å². The number of amides is 2. The molecular formula is C29H33Cl2N3O4S. The van der Waals surface area contributed by atoms with Crippen molar-refractivity contribution in [3.05, 3.63) is 100 Å². The molecule has 0 aliphatic heterocycles. The molecule has 0 heterocycles. The summed E-state index contributed by atoms with van der Waals surface area (Å²) in [6.07, 6.45) is 1.26. The minimum atomic E-state index is -3.91. The van der Waals surface area contributed by atoms with Gasteiger partial charge in [0.05, 0.1) is 11.9 Å². The van der Waals surface area contributed by atoms with Crippen LogP contribution in [0.4, 0.5) is 5.69 Å². The lowest BCUT2D eigenvalue weighted by molar-refractivity contribution is -0.140. The second kappa shape index (κ2) is 13.8. The van der Waals surface area contributed by atoms with Crippen molar-refractivity contribution in [3.63, 3.8) is 0 Å². The fourth-order valence-corrected chi connectivity index (χ4v) is 5.40. The van der Waals surface area contributed by atoms with Crippen LogP contribution in [0.3, 0.4) is 0 Å². The summed E-state index contributed by atoms with van der Waals surface area (Å²) in [5, 5.41) is 3.42. The number of carbonyl (C=O) groups is 2. The third-order valence-electron chi connectivity index (χ3n) is 5.97. The highest BCUT2D eigenvalue weighted by Gasteiger charge is 2.33. The molecule has 0 aliphatic carbocycles. The molecule has 2 amide bonds. The number of anilines is 1. The van der Waals surface area contributed by atoms with E-state index < -0.39 is 28.5 Å². The molecule has 0 aliphatic rings. The Balaban J connectivity index is 2.04. The molecule has 208 valence electrons. The monoisotopic (exact) mass is 589 g/mol. The summed E-state index contributed by atoms with van der Waals surface area (Å²) in [4.78, 5) is 29.0. The second-order valence-corrected chi connectivity index (χ2v) is 12.5. The van der Waals surface area contributed by atoms with Crippen molar-refractivity contribution >= 4 is 50.7 Å². The zero-order valence-electron chi connectivity index (χ0n) is 22.2. The lowest BCUT2D eigenvalue weighted by Gasteiger charge is -2.33. The normalized spacial score (nSPS) is 12.2. The minimum absolute atomic E-state index is 0.111.